The van der Waals surface area contributed by atoms with Gasteiger partial charge in [-0.1, -0.05) is 41.0 Å². The molecule has 0 fully saturated rings. The predicted octanol–water partition coefficient (Wildman–Crippen LogP) is -0.250. The van der Waals surface area contributed by atoms with Crippen molar-refractivity contribution >= 4 is 41.2 Å². The van der Waals surface area contributed by atoms with E-state index in [2.05, 4.69) is 31.9 Å². The Bertz CT molecular complexity index is 1080. The summed E-state index contributed by atoms with van der Waals surface area (Å²) < 4.78 is 0. The van der Waals surface area contributed by atoms with Crippen LogP contribution in [0.5, 0.6) is 0 Å². The predicted molar refractivity (Wildman–Crippen MR) is 184 cm³/mol. The quantitative estimate of drug-likeness (QED) is 0.0662. The minimum Gasteiger partial charge on any atom is -0.344 e. The molecule has 0 rings (SSSR count). The van der Waals surface area contributed by atoms with Crippen LogP contribution in [0.1, 0.15) is 101 Å². The Morgan fingerprint density at radius 1 is 0.458 bits per heavy atom. The van der Waals surface area contributed by atoms with Gasteiger partial charge in [0, 0.05) is 5.92 Å². The molecule has 6 amide bonds. The summed E-state index contributed by atoms with van der Waals surface area (Å²) in [5, 5.41) is 15.8. The first-order valence-corrected chi connectivity index (χ1v) is 17.1. The van der Waals surface area contributed by atoms with E-state index >= 15 is 0 Å². The highest BCUT2D eigenvalue weighted by Crippen LogP contribution is 2.10. The minimum atomic E-state index is -1.08. The monoisotopic (exact) mass is 682 g/mol. The van der Waals surface area contributed by atoms with Crippen LogP contribution in [-0.2, 0) is 33.6 Å². The van der Waals surface area contributed by atoms with Crippen LogP contribution in [0.15, 0.2) is 0 Å². The molecule has 7 atom stereocenters. The van der Waals surface area contributed by atoms with E-state index in [9.17, 15) is 33.6 Å². The van der Waals surface area contributed by atoms with Crippen LogP contribution in [0.25, 0.3) is 0 Å². The maximum absolute atomic E-state index is 13.1. The van der Waals surface area contributed by atoms with Crippen molar-refractivity contribution in [2.45, 2.75) is 137 Å². The third-order valence-corrected chi connectivity index (χ3v) is 8.02. The molecule has 0 heterocycles. The van der Waals surface area contributed by atoms with Crippen molar-refractivity contribution in [3.05, 3.63) is 0 Å². The SMILES string of the molecule is CC(=O)[C@@H](NC(=O)[C@@H](NC(=O)[C@H](C)NC(=O)[C@H](C)NC(=O)[C@H](C)NC(=O)[C@H](CCCCN)NC(=O)[C@@H](C)CCCCN)C(C)C)C(C)C. The maximum Gasteiger partial charge on any atom is 0.243 e. The van der Waals surface area contributed by atoms with Gasteiger partial charge in [-0.05, 0) is 84.7 Å². The van der Waals surface area contributed by atoms with Gasteiger partial charge < -0.3 is 43.4 Å². The van der Waals surface area contributed by atoms with Gasteiger partial charge in [-0.3, -0.25) is 33.6 Å². The van der Waals surface area contributed by atoms with Crippen LogP contribution < -0.4 is 43.4 Å². The van der Waals surface area contributed by atoms with E-state index in [0.29, 0.717) is 38.8 Å². The number of nitrogens with two attached hydrogens (primary N) is 2. The van der Waals surface area contributed by atoms with Gasteiger partial charge in [0.15, 0.2) is 5.78 Å². The summed E-state index contributed by atoms with van der Waals surface area (Å²) in [5.41, 5.74) is 11.1. The van der Waals surface area contributed by atoms with E-state index in [1.54, 1.807) is 34.6 Å². The lowest BCUT2D eigenvalue weighted by Gasteiger charge is -2.27. The van der Waals surface area contributed by atoms with E-state index < -0.39 is 65.8 Å². The van der Waals surface area contributed by atoms with Crippen LogP contribution in [0.3, 0.4) is 0 Å². The Labute approximate surface area is 286 Å². The lowest BCUT2D eigenvalue weighted by molar-refractivity contribution is -0.135. The van der Waals surface area contributed by atoms with Gasteiger partial charge in [-0.15, -0.1) is 0 Å². The number of carbonyl (C=O) groups is 7. The van der Waals surface area contributed by atoms with Crippen molar-refractivity contribution in [1.29, 1.82) is 0 Å². The number of ketones is 1. The van der Waals surface area contributed by atoms with Crippen molar-refractivity contribution < 1.29 is 33.6 Å². The summed E-state index contributed by atoms with van der Waals surface area (Å²) in [6.45, 7) is 15.5. The molecular formula is C33H62N8O7. The van der Waals surface area contributed by atoms with Gasteiger partial charge in [0.2, 0.25) is 35.4 Å². The summed E-state index contributed by atoms with van der Waals surface area (Å²) in [7, 11) is 0. The number of Topliss-reactive ketones (excluding diaryl/α,β-unsaturated/α-hetero) is 1. The number of unbranched alkanes of at least 4 members (excludes halogenated alkanes) is 2. The normalized spacial score (nSPS) is 15.6. The van der Waals surface area contributed by atoms with Crippen molar-refractivity contribution in [1.82, 2.24) is 31.9 Å². The molecule has 15 heteroatoms. The third kappa shape index (κ3) is 16.5. The van der Waals surface area contributed by atoms with E-state index in [-0.39, 0.29) is 29.4 Å². The number of hydrogen-bond donors (Lipinski definition) is 8. The first-order valence-electron chi connectivity index (χ1n) is 17.1. The molecule has 0 unspecified atom stereocenters. The Kier molecular flexibility index (Phi) is 21.2. The highest BCUT2D eigenvalue weighted by Gasteiger charge is 2.31. The smallest absolute Gasteiger partial charge is 0.243 e. The maximum atomic E-state index is 13.1. The molecule has 276 valence electrons. The van der Waals surface area contributed by atoms with Gasteiger partial charge in [-0.2, -0.15) is 0 Å². The van der Waals surface area contributed by atoms with E-state index in [0.717, 1.165) is 12.8 Å². The molecule has 15 nitrogen and oxygen atoms in total. The molecular weight excluding hydrogens is 620 g/mol. The third-order valence-electron chi connectivity index (χ3n) is 8.02. The van der Waals surface area contributed by atoms with Gasteiger partial charge in [0.1, 0.15) is 30.2 Å². The zero-order valence-electron chi connectivity index (χ0n) is 30.4. The van der Waals surface area contributed by atoms with Crippen molar-refractivity contribution in [2.24, 2.45) is 29.2 Å². The molecule has 0 aliphatic rings. The summed E-state index contributed by atoms with van der Waals surface area (Å²) in [6, 6.07) is -5.71. The lowest BCUT2D eigenvalue weighted by atomic mass is 9.98. The summed E-state index contributed by atoms with van der Waals surface area (Å²) in [4.78, 5) is 89.4. The Morgan fingerprint density at radius 2 is 0.854 bits per heavy atom. The highest BCUT2D eigenvalue weighted by atomic mass is 16.2. The molecule has 0 aromatic rings. The molecule has 0 aliphatic heterocycles. The Balaban J connectivity index is 5.23. The Morgan fingerprint density at radius 3 is 1.27 bits per heavy atom. The summed E-state index contributed by atoms with van der Waals surface area (Å²) >= 11 is 0. The molecule has 0 aliphatic carbocycles. The van der Waals surface area contributed by atoms with Crippen LogP contribution in [0.4, 0.5) is 0 Å². The van der Waals surface area contributed by atoms with Crippen LogP contribution in [0.2, 0.25) is 0 Å². The number of carbonyl (C=O) groups excluding carboxylic acids is 7. The molecule has 10 N–H and O–H groups in total. The second-order valence-electron chi connectivity index (χ2n) is 13.3. The van der Waals surface area contributed by atoms with Gasteiger partial charge >= 0.3 is 0 Å². The molecule has 0 aromatic heterocycles. The molecule has 0 spiro atoms. The average Bonchev–Trinajstić information content (AvgIpc) is 3.00. The molecule has 0 aromatic carbocycles. The largest absolute Gasteiger partial charge is 0.344 e. The number of amides is 6. The van der Waals surface area contributed by atoms with E-state index in [1.807, 2.05) is 0 Å². The fourth-order valence-electron chi connectivity index (χ4n) is 4.78. The standard InChI is InChI=1S/C33H62N8O7/c1-18(2)26(24(9)42)40-33(48)27(19(3)4)41-31(46)23(8)37-29(44)21(6)36-30(45)22(7)38-32(47)25(15-11-13-17-35)39-28(43)20(5)14-10-12-16-34/h18-23,25-27H,10-17,34-35H2,1-9H3,(H,36,45)(H,37,44)(H,38,47)(H,39,43)(H,40,48)(H,41,46)/t20-,21-,22-,23-,25-,26-,27-/m0/s1. The van der Waals surface area contributed by atoms with Gasteiger partial charge in [0.25, 0.3) is 0 Å². The van der Waals surface area contributed by atoms with E-state index in [4.69, 9.17) is 11.5 Å². The fourth-order valence-corrected chi connectivity index (χ4v) is 4.78. The number of hydrogen-bond acceptors (Lipinski definition) is 9. The molecule has 0 saturated heterocycles. The minimum absolute atomic E-state index is 0.144. The van der Waals surface area contributed by atoms with Crippen molar-refractivity contribution in [3.8, 4) is 0 Å². The van der Waals surface area contributed by atoms with Gasteiger partial charge in [0.05, 0.1) is 6.04 Å². The van der Waals surface area contributed by atoms with Crippen LogP contribution in [-0.4, -0.2) is 90.6 Å². The lowest BCUT2D eigenvalue weighted by Crippen LogP contribution is -2.59. The number of nitrogens with one attached hydrogen (secondary N) is 6. The molecule has 0 bridgehead atoms. The first-order chi connectivity index (χ1) is 22.4. The first kappa shape index (κ1) is 44.4. The molecule has 0 radical (unpaired) electrons. The second kappa shape index (κ2) is 22.9. The van der Waals surface area contributed by atoms with Crippen molar-refractivity contribution in [2.75, 3.05) is 13.1 Å². The van der Waals surface area contributed by atoms with E-state index in [1.165, 1.54) is 27.7 Å². The van der Waals surface area contributed by atoms with Crippen LogP contribution in [0, 0.1) is 17.8 Å². The fraction of sp³-hybridized carbons (Fsp3) is 0.788. The van der Waals surface area contributed by atoms with Crippen LogP contribution >= 0.6 is 0 Å². The molecule has 48 heavy (non-hydrogen) atoms. The zero-order chi connectivity index (χ0) is 37.1. The highest BCUT2D eigenvalue weighted by molar-refractivity contribution is 5.96. The van der Waals surface area contributed by atoms with Gasteiger partial charge in [-0.25, -0.2) is 0 Å². The Hall–Kier alpha value is -3.59. The van der Waals surface area contributed by atoms with Crippen molar-refractivity contribution in [3.63, 3.8) is 0 Å². The average molecular weight is 683 g/mol. The second-order valence-corrected chi connectivity index (χ2v) is 13.3. The molecule has 0 saturated carbocycles. The topological polar surface area (TPSA) is 244 Å². The summed E-state index contributed by atoms with van der Waals surface area (Å²) in [6.07, 6.45) is 3.82. The number of rotatable bonds is 23. The zero-order valence-corrected chi connectivity index (χ0v) is 30.4. The summed E-state index contributed by atoms with van der Waals surface area (Å²) in [5.74, 6) is -4.23.